The van der Waals surface area contributed by atoms with Crippen LogP contribution < -0.4 is 5.32 Å². The van der Waals surface area contributed by atoms with Gasteiger partial charge in [-0.05, 0) is 81.5 Å². The van der Waals surface area contributed by atoms with Crippen molar-refractivity contribution in [2.24, 2.45) is 23.2 Å². The van der Waals surface area contributed by atoms with Gasteiger partial charge in [-0.1, -0.05) is 0 Å². The molecule has 4 nitrogen and oxygen atoms in total. The van der Waals surface area contributed by atoms with Gasteiger partial charge in [0, 0.05) is 25.6 Å². The van der Waals surface area contributed by atoms with Gasteiger partial charge in [0.1, 0.15) is 5.38 Å². The second-order valence-electron chi connectivity index (χ2n) is 9.37. The van der Waals surface area contributed by atoms with Gasteiger partial charge in [-0.25, -0.2) is 0 Å². The summed E-state index contributed by atoms with van der Waals surface area (Å²) < 4.78 is 0. The average Bonchev–Trinajstić information content (AvgIpc) is 2.53. The number of rotatable bonds is 4. The standard InChI is InChI=1S/C20H31ClN2O2/c1-13(21)19(25)22-17-2-4-23(5-3-17)18(24)12-20-9-14-6-15(10-20)8-16(7-14)11-20/h13-17H,2-12H2,1H3,(H,22,25). The summed E-state index contributed by atoms with van der Waals surface area (Å²) in [4.78, 5) is 26.7. The highest BCUT2D eigenvalue weighted by molar-refractivity contribution is 6.30. The highest BCUT2D eigenvalue weighted by Crippen LogP contribution is 2.61. The summed E-state index contributed by atoms with van der Waals surface area (Å²) in [5, 5.41) is 2.51. The molecular formula is C20H31ClN2O2. The molecule has 4 saturated carbocycles. The summed E-state index contributed by atoms with van der Waals surface area (Å²) in [7, 11) is 0. The van der Waals surface area contributed by atoms with E-state index in [1.54, 1.807) is 6.92 Å². The van der Waals surface area contributed by atoms with E-state index in [1.807, 2.05) is 4.90 Å². The highest BCUT2D eigenvalue weighted by Gasteiger charge is 2.51. The van der Waals surface area contributed by atoms with E-state index in [9.17, 15) is 9.59 Å². The number of carbonyl (C=O) groups is 2. The quantitative estimate of drug-likeness (QED) is 0.776. The number of nitrogens with zero attached hydrogens (tertiary/aromatic N) is 1. The smallest absolute Gasteiger partial charge is 0.237 e. The van der Waals surface area contributed by atoms with Crippen LogP contribution in [0.4, 0.5) is 0 Å². The van der Waals surface area contributed by atoms with Crippen molar-refractivity contribution in [1.82, 2.24) is 10.2 Å². The van der Waals surface area contributed by atoms with E-state index in [0.29, 0.717) is 11.3 Å². The van der Waals surface area contributed by atoms with Crippen molar-refractivity contribution >= 4 is 23.4 Å². The molecule has 25 heavy (non-hydrogen) atoms. The van der Waals surface area contributed by atoms with Gasteiger partial charge < -0.3 is 10.2 Å². The lowest BCUT2D eigenvalue weighted by Crippen LogP contribution is -2.51. The Bertz CT molecular complexity index is 505. The third-order valence-corrected chi connectivity index (χ3v) is 7.44. The van der Waals surface area contributed by atoms with Crippen molar-refractivity contribution in [3.63, 3.8) is 0 Å². The zero-order valence-corrected chi connectivity index (χ0v) is 16.1. The monoisotopic (exact) mass is 366 g/mol. The van der Waals surface area contributed by atoms with Crippen molar-refractivity contribution < 1.29 is 9.59 Å². The van der Waals surface area contributed by atoms with Crippen LogP contribution in [0.1, 0.15) is 64.7 Å². The first kappa shape index (κ1) is 17.6. The molecule has 1 unspecified atom stereocenters. The molecule has 4 bridgehead atoms. The first-order valence-electron chi connectivity index (χ1n) is 10.1. The average molecular weight is 367 g/mol. The van der Waals surface area contributed by atoms with Gasteiger partial charge in [-0.2, -0.15) is 0 Å². The number of amides is 2. The van der Waals surface area contributed by atoms with E-state index in [-0.39, 0.29) is 11.9 Å². The first-order chi connectivity index (χ1) is 11.9. The highest BCUT2D eigenvalue weighted by atomic mass is 35.5. The lowest BCUT2D eigenvalue weighted by Gasteiger charge is -2.57. The van der Waals surface area contributed by atoms with Crippen LogP contribution in [0.15, 0.2) is 0 Å². The Kier molecular flexibility index (Phi) is 4.76. The molecule has 1 aliphatic heterocycles. The topological polar surface area (TPSA) is 49.4 Å². The van der Waals surface area contributed by atoms with E-state index in [0.717, 1.165) is 50.1 Å². The number of nitrogens with one attached hydrogen (secondary N) is 1. The zero-order chi connectivity index (χ0) is 17.6. The fourth-order valence-electron chi connectivity index (χ4n) is 6.53. The fourth-order valence-corrected chi connectivity index (χ4v) is 6.59. The minimum Gasteiger partial charge on any atom is -0.352 e. The Balaban J connectivity index is 1.29. The van der Waals surface area contributed by atoms with E-state index in [2.05, 4.69) is 5.32 Å². The van der Waals surface area contributed by atoms with Crippen molar-refractivity contribution in [2.45, 2.75) is 76.1 Å². The molecule has 4 aliphatic carbocycles. The molecule has 140 valence electrons. The summed E-state index contributed by atoms with van der Waals surface area (Å²) in [6.07, 6.45) is 10.6. The Labute approximate surface area is 156 Å². The van der Waals surface area contributed by atoms with Crippen LogP contribution in [-0.2, 0) is 9.59 Å². The van der Waals surface area contributed by atoms with Gasteiger partial charge in [0.05, 0.1) is 0 Å². The second-order valence-corrected chi connectivity index (χ2v) is 10.0. The third-order valence-electron chi connectivity index (χ3n) is 7.25. The van der Waals surface area contributed by atoms with Gasteiger partial charge in [0.25, 0.3) is 0 Å². The van der Waals surface area contributed by atoms with Crippen LogP contribution in [0.25, 0.3) is 0 Å². The SMILES string of the molecule is CC(Cl)C(=O)NC1CCN(C(=O)CC23CC4CC(CC(C4)C2)C3)CC1. The maximum atomic E-state index is 12.9. The van der Waals surface area contributed by atoms with Gasteiger partial charge in [-0.3, -0.25) is 9.59 Å². The van der Waals surface area contributed by atoms with Crippen LogP contribution >= 0.6 is 11.6 Å². The van der Waals surface area contributed by atoms with E-state index >= 15 is 0 Å². The van der Waals surface area contributed by atoms with Gasteiger partial charge in [0.15, 0.2) is 0 Å². The molecular weight excluding hydrogens is 336 g/mol. The minimum atomic E-state index is -0.490. The number of alkyl halides is 1. The van der Waals surface area contributed by atoms with Crippen molar-refractivity contribution in [2.75, 3.05) is 13.1 Å². The van der Waals surface area contributed by atoms with Crippen LogP contribution in [0, 0.1) is 23.2 Å². The minimum absolute atomic E-state index is 0.0972. The molecule has 0 aromatic heterocycles. The lowest BCUT2D eigenvalue weighted by atomic mass is 9.49. The van der Waals surface area contributed by atoms with Gasteiger partial charge >= 0.3 is 0 Å². The second kappa shape index (κ2) is 6.75. The predicted octanol–water partition coefficient (Wildman–Crippen LogP) is 3.33. The number of halogens is 1. The lowest BCUT2D eigenvalue weighted by molar-refractivity contribution is -0.140. The van der Waals surface area contributed by atoms with Crippen molar-refractivity contribution in [3.8, 4) is 0 Å². The summed E-state index contributed by atoms with van der Waals surface area (Å²) in [6.45, 7) is 3.24. The number of carbonyl (C=O) groups excluding carboxylic acids is 2. The Hall–Kier alpha value is -0.770. The summed E-state index contributed by atoms with van der Waals surface area (Å²) >= 11 is 5.82. The fraction of sp³-hybridized carbons (Fsp3) is 0.900. The number of hydrogen-bond acceptors (Lipinski definition) is 2. The third kappa shape index (κ3) is 3.70. The molecule has 5 heteroatoms. The summed E-state index contributed by atoms with van der Waals surface area (Å²) in [5.41, 5.74) is 0.324. The maximum absolute atomic E-state index is 12.9. The molecule has 1 heterocycles. The molecule has 0 aromatic rings. The maximum Gasteiger partial charge on any atom is 0.237 e. The van der Waals surface area contributed by atoms with Crippen LogP contribution in [0.2, 0.25) is 0 Å². The van der Waals surface area contributed by atoms with Crippen molar-refractivity contribution in [3.05, 3.63) is 0 Å². The molecule has 5 rings (SSSR count). The molecule has 1 N–H and O–H groups in total. The molecule has 0 radical (unpaired) electrons. The molecule has 1 atom stereocenters. The molecule has 1 saturated heterocycles. The summed E-state index contributed by atoms with van der Waals surface area (Å²) in [5.74, 6) is 2.96. The zero-order valence-electron chi connectivity index (χ0n) is 15.3. The van der Waals surface area contributed by atoms with Crippen LogP contribution in [-0.4, -0.2) is 41.2 Å². The van der Waals surface area contributed by atoms with Crippen molar-refractivity contribution in [1.29, 1.82) is 0 Å². The molecule has 0 aromatic carbocycles. The largest absolute Gasteiger partial charge is 0.352 e. The first-order valence-corrected chi connectivity index (χ1v) is 10.6. The molecule has 5 aliphatic rings. The summed E-state index contributed by atoms with van der Waals surface area (Å²) in [6, 6.07) is 0.164. The normalized spacial score (nSPS) is 38.6. The number of piperidine rings is 1. The van der Waals surface area contributed by atoms with Crippen LogP contribution in [0.5, 0.6) is 0 Å². The molecule has 5 fully saturated rings. The Morgan fingerprint density at radius 1 is 1.08 bits per heavy atom. The van der Waals surface area contributed by atoms with Crippen LogP contribution in [0.3, 0.4) is 0 Å². The molecule has 2 amide bonds. The Morgan fingerprint density at radius 2 is 1.60 bits per heavy atom. The number of hydrogen-bond donors (Lipinski definition) is 1. The van der Waals surface area contributed by atoms with E-state index in [1.165, 1.54) is 38.5 Å². The van der Waals surface area contributed by atoms with E-state index in [4.69, 9.17) is 11.6 Å². The van der Waals surface area contributed by atoms with Gasteiger partial charge in [-0.15, -0.1) is 11.6 Å². The predicted molar refractivity (Wildman–Crippen MR) is 98.3 cm³/mol. The Morgan fingerprint density at radius 3 is 2.08 bits per heavy atom. The van der Waals surface area contributed by atoms with Gasteiger partial charge in [0.2, 0.25) is 11.8 Å². The number of likely N-dealkylation sites (tertiary alicyclic amines) is 1. The molecule has 0 spiro atoms. The van der Waals surface area contributed by atoms with E-state index < -0.39 is 5.38 Å².